The number of nitrogens with one attached hydrogen (secondary N) is 3. The number of nitrogens with zero attached hydrogens (tertiary/aromatic N) is 10. The summed E-state index contributed by atoms with van der Waals surface area (Å²) in [7, 11) is 0. The van der Waals surface area contributed by atoms with E-state index in [-0.39, 0.29) is 70.0 Å². The number of rotatable bonds is 24. The number of aryl methyl sites for hydroxylation is 1. The number of anilines is 3. The molecule has 5 aromatic carbocycles. The molecule has 688 valence electrons. The molecule has 8 heterocycles. The highest BCUT2D eigenvalue weighted by Crippen LogP contribution is 2.30. The molecular weight excluding hydrogens is 1800 g/mol. The Morgan fingerprint density at radius 1 is 0.402 bits per heavy atom. The van der Waals surface area contributed by atoms with Crippen LogP contribution in [0, 0.1) is 17.5 Å². The van der Waals surface area contributed by atoms with Gasteiger partial charge in [0.15, 0.2) is 0 Å². The van der Waals surface area contributed by atoms with E-state index >= 15 is 0 Å². The van der Waals surface area contributed by atoms with E-state index in [1.54, 1.807) is 113 Å². The molecule has 0 spiro atoms. The van der Waals surface area contributed by atoms with Crippen LogP contribution in [0.1, 0.15) is 207 Å². The van der Waals surface area contributed by atoms with Crippen molar-refractivity contribution in [2.75, 3.05) is 16.0 Å². The highest BCUT2D eigenvalue weighted by molar-refractivity contribution is 6.31. The zero-order valence-electron chi connectivity index (χ0n) is 74.6. The van der Waals surface area contributed by atoms with E-state index in [9.17, 15) is 56.3 Å². The lowest BCUT2D eigenvalue weighted by atomic mass is 9.91. The summed E-state index contributed by atoms with van der Waals surface area (Å²) in [5.41, 5.74) is 16.9. The second kappa shape index (κ2) is 50.7. The molecule has 4 unspecified atom stereocenters. The molecule has 0 bridgehead atoms. The maximum absolute atomic E-state index is 13.1. The molecule has 13 rings (SSSR count). The van der Waals surface area contributed by atoms with E-state index in [2.05, 4.69) is 105 Å². The summed E-state index contributed by atoms with van der Waals surface area (Å²) in [6.45, 7) is 24.9. The summed E-state index contributed by atoms with van der Waals surface area (Å²) in [5.74, 6) is -4.13. The van der Waals surface area contributed by atoms with Gasteiger partial charge in [-0.3, -0.25) is 43.2 Å². The highest BCUT2D eigenvalue weighted by atomic mass is 35.5. The van der Waals surface area contributed by atoms with Crippen molar-refractivity contribution in [2.45, 2.75) is 157 Å². The summed E-state index contributed by atoms with van der Waals surface area (Å²) in [5, 5.41) is 37.2. The molecule has 0 saturated carbocycles. The monoisotopic (exact) mass is 1890 g/mol. The number of hydrogen-bond donors (Lipinski definition) is 6. The first-order valence-electron chi connectivity index (χ1n) is 41.1. The number of benzene rings is 5. The summed E-state index contributed by atoms with van der Waals surface area (Å²) in [6.07, 6.45) is 10.5. The van der Waals surface area contributed by atoms with E-state index in [1.807, 2.05) is 77.8 Å². The Morgan fingerprint density at radius 3 is 1.04 bits per heavy atom. The normalized spacial score (nSPS) is 11.6. The predicted octanol–water partition coefficient (Wildman–Crippen LogP) is 21.7. The van der Waals surface area contributed by atoms with Gasteiger partial charge in [0.05, 0.1) is 40.8 Å². The third-order valence-electron chi connectivity index (χ3n) is 19.7. The molecule has 3 amide bonds. The summed E-state index contributed by atoms with van der Waals surface area (Å²) in [4.78, 5) is 127. The van der Waals surface area contributed by atoms with E-state index in [0.29, 0.717) is 96.6 Å². The molecule has 0 saturated heterocycles. The topological polar surface area (TPSA) is 369 Å². The van der Waals surface area contributed by atoms with Crippen molar-refractivity contribution in [3.05, 3.63) is 359 Å². The van der Waals surface area contributed by atoms with Crippen LogP contribution in [0.25, 0.3) is 11.4 Å². The van der Waals surface area contributed by atoms with Gasteiger partial charge in [0.2, 0.25) is 0 Å². The summed E-state index contributed by atoms with van der Waals surface area (Å²) >= 11 is 28.9. The number of carboxylic acid groups (broad SMARTS) is 2. The van der Waals surface area contributed by atoms with Crippen LogP contribution in [-0.4, -0.2) is 112 Å². The first-order chi connectivity index (χ1) is 62.3. The number of carbonyl (C=O) groups excluding carboxylic acids is 7. The van der Waals surface area contributed by atoms with E-state index in [0.717, 1.165) is 56.4 Å². The molecule has 7 N–H and O–H groups in total. The third-order valence-corrected chi connectivity index (χ3v) is 20.8. The van der Waals surface area contributed by atoms with Crippen molar-refractivity contribution in [3.63, 3.8) is 0 Å². The van der Waals surface area contributed by atoms with Gasteiger partial charge in [0.25, 0.3) is 17.7 Å². The predicted molar refractivity (Wildman–Crippen MR) is 508 cm³/mol. The lowest BCUT2D eigenvalue weighted by Crippen LogP contribution is -2.14. The maximum atomic E-state index is 13.1. The number of carboxylic acids is 2. The van der Waals surface area contributed by atoms with E-state index in [1.165, 1.54) is 98.2 Å². The van der Waals surface area contributed by atoms with Crippen LogP contribution in [0.5, 0.6) is 0 Å². The second-order valence-electron chi connectivity index (χ2n) is 32.1. The second-order valence-corrected chi connectivity index (χ2v) is 34.1. The van der Waals surface area contributed by atoms with E-state index < -0.39 is 41.2 Å². The molecule has 132 heavy (non-hydrogen) atoms. The Balaban J connectivity index is 0.000000221. The fourth-order valence-corrected chi connectivity index (χ4v) is 12.2. The third kappa shape index (κ3) is 34.8. The molecule has 0 aliphatic heterocycles. The van der Waals surface area contributed by atoms with Gasteiger partial charge >= 0.3 is 11.9 Å². The number of ketones is 4. The molecular formula is C99H100Cl5F3N14O11. The lowest BCUT2D eigenvalue weighted by molar-refractivity contribution is -0.138. The van der Waals surface area contributed by atoms with Gasteiger partial charge in [0, 0.05) is 118 Å². The lowest BCUT2D eigenvalue weighted by Gasteiger charge is -2.14. The highest BCUT2D eigenvalue weighted by Gasteiger charge is 2.25. The molecule has 0 radical (unpaired) electrons. The minimum atomic E-state index is -0.945. The molecule has 13 aromatic rings. The molecule has 0 fully saturated rings. The SMILES string of the molecule is CC(=O)C(C)c1ccc(Cl)nc1.CC(=O)C(C)c1ccc(NC(=O)c2ccc(F)cc2)nc1.CC(=O)Cc1ccc(Cl)nc1.CC(C(=O)CCc1cc(C(C)(C)C)nn1-c1cccc(Cl)c1)c1ccc(NC(=O)c2ccc(F)cc2)nc1.CC(C(=O)O)c1ccc(NC(=O)c2ccc(F)cc2)nc1.CC(C)(C)c1cc(CN)n(-c2cccc(Cl)c2)n1.O=C(O)Cc1ccc(Cl)nc1. The van der Waals surface area contributed by atoms with Crippen LogP contribution in [0.15, 0.2) is 243 Å². The smallest absolute Gasteiger partial charge is 0.310 e. The number of nitrogens with two attached hydrogens (primary N) is 1. The molecule has 8 aromatic heterocycles. The molecule has 25 nitrogen and oxygen atoms in total. The van der Waals surface area contributed by atoms with Gasteiger partial charge < -0.3 is 31.9 Å². The zero-order valence-corrected chi connectivity index (χ0v) is 78.4. The Hall–Kier alpha value is -13.4. The molecule has 0 aliphatic rings. The Bertz CT molecular complexity index is 5870. The van der Waals surface area contributed by atoms with Crippen molar-refractivity contribution in [3.8, 4) is 11.4 Å². The molecule has 4 atom stereocenters. The fourth-order valence-electron chi connectivity index (χ4n) is 11.5. The van der Waals surface area contributed by atoms with Crippen LogP contribution in [0.3, 0.4) is 0 Å². The number of pyridine rings is 6. The number of aromatic nitrogens is 10. The Kier molecular flexibility index (Phi) is 40.6. The van der Waals surface area contributed by atoms with Gasteiger partial charge in [-0.05, 0) is 225 Å². The average Bonchev–Trinajstić information content (AvgIpc) is 1.66. The Labute approximate surface area is 788 Å². The zero-order chi connectivity index (χ0) is 97.3. The molecule has 0 aliphatic carbocycles. The van der Waals surface area contributed by atoms with Crippen LogP contribution in [0.4, 0.5) is 30.6 Å². The van der Waals surface area contributed by atoms with Crippen molar-refractivity contribution < 1.29 is 66.5 Å². The first-order valence-corrected chi connectivity index (χ1v) is 43.0. The largest absolute Gasteiger partial charge is 0.481 e. The fraction of sp³-hybridized carbons (Fsp3) is 0.242. The van der Waals surface area contributed by atoms with Crippen LogP contribution in [0.2, 0.25) is 25.5 Å². The number of Topliss-reactive ketones (excluding diaryl/α,β-unsaturated/α-hetero) is 4. The van der Waals surface area contributed by atoms with Crippen molar-refractivity contribution in [1.29, 1.82) is 0 Å². The first kappa shape index (κ1) is 106. The number of hydrogen-bond acceptors (Lipinski definition) is 18. The quantitative estimate of drug-likeness (QED) is 0.0306. The maximum Gasteiger partial charge on any atom is 0.310 e. The number of amides is 3. The number of halogens is 8. The van der Waals surface area contributed by atoms with Gasteiger partial charge in [-0.1, -0.05) is 169 Å². The average molecular weight is 1900 g/mol. The Morgan fingerprint density at radius 2 is 0.735 bits per heavy atom. The van der Waals surface area contributed by atoms with Crippen LogP contribution in [-0.2, 0) is 65.4 Å². The standard InChI is InChI=1S/C30H30ClFN4O2.C16H15FN2O2.C15H13FN2O3.C14H18ClN3.C9H10ClNO.C8H8ClNO.C7H6ClNO2/c1-19(21-10-15-28(33-18-21)34-29(38)20-8-11-23(32)12-9-20)26(37)14-13-25-17-27(30(2,3)4)35-36(25)24-7-5-6-22(31)16-24;1-10(11(2)20)13-5-8-15(18-9-13)19-16(21)12-3-6-14(17)7-4-12;1-9(15(20)21)11-4-7-13(17-8-11)18-14(19)10-2-5-12(16)6-3-10;1-14(2,3)13-8-12(9-16)18(17-13)11-6-4-5-10(15)7-11;1-6(7(2)12)8-3-4-9(10)11-5-8;1-6(11)4-7-2-3-8(9)10-5-7;8-6-2-1-5(4-9-6)3-7(10)11/h5-12,15-19H,13-14H2,1-4H3,(H,33,34,38);3-10H,1-2H3,(H,18,19,21);2-9H,1H3,(H,20,21)(H,17,18,19);4-8H,9,16H2,1-3H3;3-6H,1-2H3;2-3,5H,4H2,1H3;1-2,4H,3H2,(H,10,11). The van der Waals surface area contributed by atoms with Gasteiger partial charge in [-0.2, -0.15) is 10.2 Å². The van der Waals surface area contributed by atoms with Crippen molar-refractivity contribution in [2.24, 2.45) is 5.73 Å². The minimum Gasteiger partial charge on any atom is -0.481 e. The van der Waals surface area contributed by atoms with Crippen molar-refractivity contribution >= 4 is 128 Å². The number of aliphatic carboxylic acids is 2. The van der Waals surface area contributed by atoms with Crippen LogP contribution < -0.4 is 21.7 Å². The van der Waals surface area contributed by atoms with Gasteiger partial charge in [0.1, 0.15) is 73.5 Å². The van der Waals surface area contributed by atoms with Gasteiger partial charge in [-0.25, -0.2) is 52.4 Å². The minimum absolute atomic E-state index is 0.00768. The van der Waals surface area contributed by atoms with Gasteiger partial charge in [-0.15, -0.1) is 0 Å². The van der Waals surface area contributed by atoms with Crippen LogP contribution >= 0.6 is 58.0 Å². The molecule has 33 heteroatoms. The summed E-state index contributed by atoms with van der Waals surface area (Å²) < 4.78 is 42.4. The number of carbonyl (C=O) groups is 9. The van der Waals surface area contributed by atoms with Crippen molar-refractivity contribution in [1.82, 2.24) is 49.5 Å². The summed E-state index contributed by atoms with van der Waals surface area (Å²) in [6, 6.07) is 55.0. The van der Waals surface area contributed by atoms with E-state index in [4.69, 9.17) is 79.1 Å².